The lowest BCUT2D eigenvalue weighted by atomic mass is 9.96. The normalized spacial score (nSPS) is 16.3. The van der Waals surface area contributed by atoms with E-state index in [1.54, 1.807) is 0 Å². The molecule has 90 valence electrons. The molecule has 3 rings (SSSR count). The largest absolute Gasteiger partial charge is 0.376 e. The molecule has 1 aromatic carbocycles. The summed E-state index contributed by atoms with van der Waals surface area (Å²) < 4.78 is 8.67. The molecule has 4 nitrogen and oxygen atoms in total. The Bertz CT molecular complexity index is 521. The van der Waals surface area contributed by atoms with Crippen LogP contribution in [0.5, 0.6) is 0 Å². The van der Waals surface area contributed by atoms with Gasteiger partial charge in [-0.15, -0.1) is 5.10 Å². The smallest absolute Gasteiger partial charge is 0.114 e. The van der Waals surface area contributed by atoms with Crippen molar-refractivity contribution in [3.8, 4) is 0 Å². The van der Waals surface area contributed by atoms with Crippen LogP contribution in [0.2, 0.25) is 0 Å². The van der Waals surface area contributed by atoms with Gasteiger partial charge in [-0.25, -0.2) is 4.68 Å². The third-order valence-electron chi connectivity index (χ3n) is 3.19. The van der Waals surface area contributed by atoms with Crippen LogP contribution in [-0.4, -0.2) is 27.7 Å². The topological polar surface area (TPSA) is 39.9 Å². The molecular weight excluding hydrogens is 282 g/mol. The number of hydrogen-bond acceptors (Lipinski definition) is 3. The van der Waals surface area contributed by atoms with Crippen molar-refractivity contribution in [2.45, 2.75) is 31.9 Å². The van der Waals surface area contributed by atoms with Crippen molar-refractivity contribution in [1.82, 2.24) is 15.0 Å². The molecule has 0 N–H and O–H groups in total. The maximum absolute atomic E-state index is 5.74. The highest BCUT2D eigenvalue weighted by Gasteiger charge is 2.17. The van der Waals surface area contributed by atoms with Gasteiger partial charge in [-0.1, -0.05) is 11.3 Å². The number of nitrogens with zero attached hydrogens (tertiary/aromatic N) is 3. The van der Waals surface area contributed by atoms with Crippen LogP contribution in [0.1, 0.15) is 19.3 Å². The lowest BCUT2D eigenvalue weighted by molar-refractivity contribution is -0.00212. The van der Waals surface area contributed by atoms with Crippen LogP contribution in [0.3, 0.4) is 0 Å². The van der Waals surface area contributed by atoms with E-state index < -0.39 is 0 Å². The molecule has 1 saturated carbocycles. The van der Waals surface area contributed by atoms with Gasteiger partial charge >= 0.3 is 0 Å². The number of rotatable bonds is 4. The quantitative estimate of drug-likeness (QED) is 0.871. The molecule has 0 unspecified atom stereocenters. The SMILES string of the molecule is Brc1cccc2nnn(CCOC3CCC3)c12. The molecule has 1 heterocycles. The summed E-state index contributed by atoms with van der Waals surface area (Å²) in [6.45, 7) is 1.47. The van der Waals surface area contributed by atoms with E-state index >= 15 is 0 Å². The third-order valence-corrected chi connectivity index (χ3v) is 3.83. The Morgan fingerprint density at radius 3 is 3.06 bits per heavy atom. The first-order valence-corrected chi connectivity index (χ1v) is 6.73. The zero-order chi connectivity index (χ0) is 11.7. The van der Waals surface area contributed by atoms with E-state index in [1.807, 2.05) is 22.9 Å². The maximum atomic E-state index is 5.74. The summed E-state index contributed by atoms with van der Waals surface area (Å²) >= 11 is 3.53. The summed E-state index contributed by atoms with van der Waals surface area (Å²) in [6, 6.07) is 5.95. The van der Waals surface area contributed by atoms with Gasteiger partial charge in [-0.3, -0.25) is 0 Å². The molecule has 0 aliphatic heterocycles. The van der Waals surface area contributed by atoms with Crippen molar-refractivity contribution in [1.29, 1.82) is 0 Å². The first-order chi connectivity index (χ1) is 8.34. The van der Waals surface area contributed by atoms with E-state index in [0.29, 0.717) is 12.7 Å². The van der Waals surface area contributed by atoms with Gasteiger partial charge in [0.25, 0.3) is 0 Å². The van der Waals surface area contributed by atoms with Crippen LogP contribution in [0.4, 0.5) is 0 Å². The lowest BCUT2D eigenvalue weighted by Gasteiger charge is -2.25. The Balaban J connectivity index is 1.71. The molecule has 1 aliphatic rings. The second-order valence-electron chi connectivity index (χ2n) is 4.34. The van der Waals surface area contributed by atoms with Crippen LogP contribution in [-0.2, 0) is 11.3 Å². The van der Waals surface area contributed by atoms with Gasteiger partial charge in [-0.05, 0) is 47.3 Å². The molecule has 0 spiro atoms. The predicted octanol–water partition coefficient (Wildman–Crippen LogP) is 2.76. The van der Waals surface area contributed by atoms with Crippen molar-refractivity contribution >= 4 is 27.0 Å². The summed E-state index contributed by atoms with van der Waals surface area (Å²) in [4.78, 5) is 0. The summed E-state index contributed by atoms with van der Waals surface area (Å²) in [5.41, 5.74) is 1.97. The predicted molar refractivity (Wildman–Crippen MR) is 68.8 cm³/mol. The van der Waals surface area contributed by atoms with Crippen molar-refractivity contribution in [2.24, 2.45) is 0 Å². The number of fused-ring (bicyclic) bond motifs is 1. The van der Waals surface area contributed by atoms with Crippen LogP contribution < -0.4 is 0 Å². The molecule has 2 aromatic rings. The minimum absolute atomic E-state index is 0.480. The molecule has 0 saturated heterocycles. The highest BCUT2D eigenvalue weighted by Crippen LogP contribution is 2.23. The van der Waals surface area contributed by atoms with Gasteiger partial charge in [0.05, 0.1) is 19.3 Å². The van der Waals surface area contributed by atoms with Crippen LogP contribution in [0.25, 0.3) is 11.0 Å². The van der Waals surface area contributed by atoms with Gasteiger partial charge in [0, 0.05) is 4.47 Å². The van der Waals surface area contributed by atoms with E-state index in [9.17, 15) is 0 Å². The zero-order valence-electron chi connectivity index (χ0n) is 9.47. The maximum Gasteiger partial charge on any atom is 0.114 e. The van der Waals surface area contributed by atoms with Crippen LogP contribution in [0.15, 0.2) is 22.7 Å². The summed E-state index contributed by atoms with van der Waals surface area (Å²) in [6.07, 6.45) is 4.21. The highest BCUT2D eigenvalue weighted by atomic mass is 79.9. The van der Waals surface area contributed by atoms with Gasteiger partial charge in [-0.2, -0.15) is 0 Å². The van der Waals surface area contributed by atoms with E-state index in [2.05, 4.69) is 26.2 Å². The van der Waals surface area contributed by atoms with Gasteiger partial charge in [0.2, 0.25) is 0 Å². The molecule has 1 aliphatic carbocycles. The summed E-state index contributed by atoms with van der Waals surface area (Å²) in [5.74, 6) is 0. The van der Waals surface area contributed by atoms with E-state index in [-0.39, 0.29) is 0 Å². The Hall–Kier alpha value is -0.940. The molecule has 1 fully saturated rings. The number of hydrogen-bond donors (Lipinski definition) is 0. The second-order valence-corrected chi connectivity index (χ2v) is 5.20. The van der Waals surface area contributed by atoms with E-state index in [4.69, 9.17) is 4.74 Å². The minimum atomic E-state index is 0.480. The fourth-order valence-electron chi connectivity index (χ4n) is 1.99. The number of ether oxygens (including phenoxy) is 1. The van der Waals surface area contributed by atoms with Gasteiger partial charge in [0.15, 0.2) is 0 Å². The van der Waals surface area contributed by atoms with Crippen molar-refractivity contribution in [3.63, 3.8) is 0 Å². The van der Waals surface area contributed by atoms with Crippen molar-refractivity contribution in [3.05, 3.63) is 22.7 Å². The fourth-order valence-corrected chi connectivity index (χ4v) is 2.55. The standard InChI is InChI=1S/C12H14BrN3O/c13-10-5-2-6-11-12(10)16(15-14-11)7-8-17-9-3-1-4-9/h2,5-6,9H,1,3-4,7-8H2. The first kappa shape index (κ1) is 11.2. The first-order valence-electron chi connectivity index (χ1n) is 5.94. The molecule has 1 aromatic heterocycles. The third kappa shape index (κ3) is 2.21. The second kappa shape index (κ2) is 4.74. The van der Waals surface area contributed by atoms with Crippen molar-refractivity contribution < 1.29 is 4.74 Å². The van der Waals surface area contributed by atoms with Crippen LogP contribution in [0, 0.1) is 0 Å². The monoisotopic (exact) mass is 295 g/mol. The molecule has 0 amide bonds. The lowest BCUT2D eigenvalue weighted by Crippen LogP contribution is -2.23. The van der Waals surface area contributed by atoms with E-state index in [0.717, 1.165) is 22.1 Å². The summed E-state index contributed by atoms with van der Waals surface area (Å²) in [7, 11) is 0. The Labute approximate surface area is 108 Å². The minimum Gasteiger partial charge on any atom is -0.376 e. The van der Waals surface area contributed by atoms with Gasteiger partial charge in [0.1, 0.15) is 11.0 Å². The number of benzene rings is 1. The zero-order valence-corrected chi connectivity index (χ0v) is 11.1. The van der Waals surface area contributed by atoms with Crippen LogP contribution >= 0.6 is 15.9 Å². The Kier molecular flexibility index (Phi) is 3.11. The molecule has 0 radical (unpaired) electrons. The van der Waals surface area contributed by atoms with E-state index in [1.165, 1.54) is 19.3 Å². The molecule has 0 bridgehead atoms. The molecule has 17 heavy (non-hydrogen) atoms. The molecular formula is C12H14BrN3O. The van der Waals surface area contributed by atoms with Gasteiger partial charge < -0.3 is 4.74 Å². The number of para-hydroxylation sites is 1. The fraction of sp³-hybridized carbons (Fsp3) is 0.500. The average Bonchev–Trinajstić information content (AvgIpc) is 2.67. The average molecular weight is 296 g/mol. The Morgan fingerprint density at radius 2 is 2.29 bits per heavy atom. The molecule has 0 atom stereocenters. The Morgan fingerprint density at radius 1 is 1.41 bits per heavy atom. The highest BCUT2D eigenvalue weighted by molar-refractivity contribution is 9.10. The number of halogens is 1. The number of aromatic nitrogens is 3. The summed E-state index contributed by atoms with van der Waals surface area (Å²) in [5, 5.41) is 8.29. The molecule has 5 heteroatoms. The van der Waals surface area contributed by atoms with Crippen molar-refractivity contribution in [2.75, 3.05) is 6.61 Å².